The normalized spacial score (nSPS) is 11.5. The van der Waals surface area contributed by atoms with Crippen LogP contribution >= 0.6 is 0 Å². The third kappa shape index (κ3) is 3.62. The van der Waals surface area contributed by atoms with Gasteiger partial charge in [-0.1, -0.05) is 0 Å². The lowest BCUT2D eigenvalue weighted by molar-refractivity contribution is 0.102. The van der Waals surface area contributed by atoms with Gasteiger partial charge in [-0.3, -0.25) is 4.79 Å². The number of carbonyl (C=O) groups excluding carboxylic acids is 1. The number of ether oxygens (including phenoxy) is 2. The summed E-state index contributed by atoms with van der Waals surface area (Å²) in [7, 11) is 0. The third-order valence-electron chi connectivity index (χ3n) is 3.79. The van der Waals surface area contributed by atoms with Crippen LogP contribution in [0, 0.1) is 11.3 Å². The Morgan fingerprint density at radius 2 is 1.81 bits per heavy atom. The molecule has 0 fully saturated rings. The van der Waals surface area contributed by atoms with E-state index in [1.807, 2.05) is 6.07 Å². The summed E-state index contributed by atoms with van der Waals surface area (Å²) in [6.07, 6.45) is 1.50. The zero-order chi connectivity index (χ0) is 18.6. The van der Waals surface area contributed by atoms with Crippen LogP contribution in [0.25, 0.3) is 0 Å². The number of nitrogens with one attached hydrogen (secondary N) is 2. The van der Waals surface area contributed by atoms with Gasteiger partial charge in [0.15, 0.2) is 11.5 Å². The topological polar surface area (TPSA) is 109 Å². The Hall–Kier alpha value is -4.12. The number of hydrogen-bond acceptors (Lipinski definition) is 7. The molecule has 1 aliphatic heterocycles. The molecule has 1 aromatic heterocycles. The summed E-state index contributed by atoms with van der Waals surface area (Å²) < 4.78 is 10.6. The van der Waals surface area contributed by atoms with Gasteiger partial charge < -0.3 is 20.1 Å². The highest BCUT2D eigenvalue weighted by atomic mass is 16.7. The van der Waals surface area contributed by atoms with E-state index in [0.29, 0.717) is 28.4 Å². The smallest absolute Gasteiger partial charge is 0.274 e. The molecule has 0 bridgehead atoms. The van der Waals surface area contributed by atoms with E-state index in [9.17, 15) is 4.79 Å². The molecule has 27 heavy (non-hydrogen) atoms. The number of aromatic nitrogens is 2. The number of amides is 1. The molecule has 1 amide bonds. The van der Waals surface area contributed by atoms with Crippen molar-refractivity contribution < 1.29 is 14.3 Å². The predicted octanol–water partition coefficient (Wildman–Crippen LogP) is 3.07. The summed E-state index contributed by atoms with van der Waals surface area (Å²) in [6, 6.07) is 15.5. The molecule has 0 saturated carbocycles. The number of carbonyl (C=O) groups is 1. The number of benzene rings is 2. The van der Waals surface area contributed by atoms with E-state index in [1.165, 1.54) is 12.3 Å². The highest BCUT2D eigenvalue weighted by Gasteiger charge is 2.14. The van der Waals surface area contributed by atoms with Crippen LogP contribution in [0.3, 0.4) is 0 Å². The molecule has 8 heteroatoms. The number of rotatable bonds is 4. The second kappa shape index (κ2) is 7.01. The molecule has 2 heterocycles. The minimum Gasteiger partial charge on any atom is -0.454 e. The van der Waals surface area contributed by atoms with E-state index in [2.05, 4.69) is 20.6 Å². The SMILES string of the molecule is N#Cc1ccc(NC(=O)c2ccnc(Nc3ccc4c(c3)OCO4)n2)cc1. The Morgan fingerprint density at radius 3 is 2.63 bits per heavy atom. The molecule has 0 atom stereocenters. The van der Waals surface area contributed by atoms with Crippen molar-refractivity contribution in [2.75, 3.05) is 17.4 Å². The highest BCUT2D eigenvalue weighted by Crippen LogP contribution is 2.34. The van der Waals surface area contributed by atoms with Gasteiger partial charge in [-0.15, -0.1) is 0 Å². The summed E-state index contributed by atoms with van der Waals surface area (Å²) in [4.78, 5) is 20.8. The molecular formula is C19H13N5O3. The second-order valence-corrected chi connectivity index (χ2v) is 5.60. The van der Waals surface area contributed by atoms with Crippen LogP contribution in [0.1, 0.15) is 16.1 Å². The standard InChI is InChI=1S/C19H13N5O3/c20-10-12-1-3-13(4-2-12)22-18(25)15-7-8-21-19(24-15)23-14-5-6-16-17(9-14)27-11-26-16/h1-9H,11H2,(H,22,25)(H,21,23,24). The Labute approximate surface area is 154 Å². The van der Waals surface area contributed by atoms with Crippen LogP contribution in [-0.4, -0.2) is 22.7 Å². The first kappa shape index (κ1) is 16.4. The number of nitriles is 1. The lowest BCUT2D eigenvalue weighted by Crippen LogP contribution is -2.14. The average Bonchev–Trinajstić information content (AvgIpc) is 3.16. The monoisotopic (exact) mass is 359 g/mol. The second-order valence-electron chi connectivity index (χ2n) is 5.60. The van der Waals surface area contributed by atoms with Crippen LogP contribution in [0.5, 0.6) is 11.5 Å². The molecular weight excluding hydrogens is 346 g/mol. The number of hydrogen-bond donors (Lipinski definition) is 2. The fourth-order valence-electron chi connectivity index (χ4n) is 2.47. The molecule has 1 aliphatic rings. The van der Waals surface area contributed by atoms with Gasteiger partial charge in [0.1, 0.15) is 5.69 Å². The van der Waals surface area contributed by atoms with Crippen molar-refractivity contribution in [3.05, 3.63) is 66.0 Å². The Morgan fingerprint density at radius 1 is 1.04 bits per heavy atom. The minimum atomic E-state index is -0.379. The van der Waals surface area contributed by atoms with Crippen molar-refractivity contribution in [3.63, 3.8) is 0 Å². The van der Waals surface area contributed by atoms with E-state index < -0.39 is 0 Å². The van der Waals surface area contributed by atoms with Crippen molar-refractivity contribution in [3.8, 4) is 17.6 Å². The summed E-state index contributed by atoms with van der Waals surface area (Å²) in [6.45, 7) is 0.195. The summed E-state index contributed by atoms with van der Waals surface area (Å²) >= 11 is 0. The fraction of sp³-hybridized carbons (Fsp3) is 0.0526. The first-order valence-corrected chi connectivity index (χ1v) is 8.02. The van der Waals surface area contributed by atoms with Crippen LogP contribution in [0.2, 0.25) is 0 Å². The van der Waals surface area contributed by atoms with E-state index >= 15 is 0 Å². The summed E-state index contributed by atoms with van der Waals surface area (Å²) in [5, 5.41) is 14.6. The molecule has 0 radical (unpaired) electrons. The molecule has 2 N–H and O–H groups in total. The van der Waals surface area contributed by atoms with Crippen molar-refractivity contribution in [2.24, 2.45) is 0 Å². The number of nitrogens with zero attached hydrogens (tertiary/aromatic N) is 3. The predicted molar refractivity (Wildman–Crippen MR) is 97.0 cm³/mol. The van der Waals surface area contributed by atoms with E-state index in [4.69, 9.17) is 14.7 Å². The zero-order valence-electron chi connectivity index (χ0n) is 14.0. The van der Waals surface area contributed by atoms with Crippen LogP contribution in [0.4, 0.5) is 17.3 Å². The van der Waals surface area contributed by atoms with Gasteiger partial charge in [-0.25, -0.2) is 9.97 Å². The highest BCUT2D eigenvalue weighted by molar-refractivity contribution is 6.03. The van der Waals surface area contributed by atoms with Crippen LogP contribution in [-0.2, 0) is 0 Å². The van der Waals surface area contributed by atoms with Crippen molar-refractivity contribution in [2.45, 2.75) is 0 Å². The third-order valence-corrected chi connectivity index (χ3v) is 3.79. The first-order valence-electron chi connectivity index (χ1n) is 8.02. The first-order chi connectivity index (χ1) is 13.2. The van der Waals surface area contributed by atoms with Gasteiger partial charge >= 0.3 is 0 Å². The van der Waals surface area contributed by atoms with Gasteiger partial charge in [-0.05, 0) is 42.5 Å². The Kier molecular flexibility index (Phi) is 4.25. The molecule has 0 aliphatic carbocycles. The van der Waals surface area contributed by atoms with E-state index in [1.54, 1.807) is 42.5 Å². The number of anilines is 3. The van der Waals surface area contributed by atoms with Crippen molar-refractivity contribution in [1.82, 2.24) is 9.97 Å². The maximum Gasteiger partial charge on any atom is 0.274 e. The Bertz CT molecular complexity index is 1040. The van der Waals surface area contributed by atoms with Crippen molar-refractivity contribution in [1.29, 1.82) is 5.26 Å². The van der Waals surface area contributed by atoms with Gasteiger partial charge in [0.2, 0.25) is 12.7 Å². The molecule has 3 aromatic rings. The maximum absolute atomic E-state index is 12.4. The summed E-state index contributed by atoms with van der Waals surface area (Å²) in [5.74, 6) is 1.21. The van der Waals surface area contributed by atoms with Gasteiger partial charge in [0.05, 0.1) is 11.6 Å². The van der Waals surface area contributed by atoms with Gasteiger partial charge in [0, 0.05) is 23.6 Å². The molecule has 4 rings (SSSR count). The minimum absolute atomic E-state index is 0.195. The molecule has 132 valence electrons. The fourth-order valence-corrected chi connectivity index (χ4v) is 2.47. The lowest BCUT2D eigenvalue weighted by atomic mass is 10.2. The van der Waals surface area contributed by atoms with Crippen LogP contribution < -0.4 is 20.1 Å². The average molecular weight is 359 g/mol. The molecule has 0 saturated heterocycles. The Balaban J connectivity index is 1.48. The van der Waals surface area contributed by atoms with Crippen LogP contribution in [0.15, 0.2) is 54.7 Å². The van der Waals surface area contributed by atoms with Gasteiger partial charge in [0.25, 0.3) is 5.91 Å². The van der Waals surface area contributed by atoms with Gasteiger partial charge in [-0.2, -0.15) is 5.26 Å². The maximum atomic E-state index is 12.4. The molecule has 8 nitrogen and oxygen atoms in total. The largest absolute Gasteiger partial charge is 0.454 e. The molecule has 0 spiro atoms. The lowest BCUT2D eigenvalue weighted by Gasteiger charge is -2.08. The number of fused-ring (bicyclic) bond motifs is 1. The molecule has 2 aromatic carbocycles. The quantitative estimate of drug-likeness (QED) is 0.737. The van der Waals surface area contributed by atoms with E-state index in [-0.39, 0.29) is 24.3 Å². The van der Waals surface area contributed by atoms with E-state index in [0.717, 1.165) is 0 Å². The molecule has 0 unspecified atom stereocenters. The summed E-state index contributed by atoms with van der Waals surface area (Å²) in [5.41, 5.74) is 2.01. The van der Waals surface area contributed by atoms with Crippen molar-refractivity contribution >= 4 is 23.2 Å². The zero-order valence-corrected chi connectivity index (χ0v) is 14.0.